The fourth-order valence-corrected chi connectivity index (χ4v) is 2.55. The number of aliphatic hydroxyl groups is 1. The van der Waals surface area contributed by atoms with E-state index in [1.54, 1.807) is 14.2 Å². The third-order valence-corrected chi connectivity index (χ3v) is 3.70. The summed E-state index contributed by atoms with van der Waals surface area (Å²) in [5.41, 5.74) is 1.60. The topological polar surface area (TPSA) is 64.2 Å². The highest BCUT2D eigenvalue weighted by Crippen LogP contribution is 2.32. The zero-order chi connectivity index (χ0) is 16.9. The molecule has 0 unspecified atom stereocenters. The van der Waals surface area contributed by atoms with Crippen LogP contribution in [-0.2, 0) is 0 Å². The van der Waals surface area contributed by atoms with Gasteiger partial charge in [-0.1, -0.05) is 12.1 Å². The Balaban J connectivity index is 2.20. The molecule has 0 spiro atoms. The number of ether oxygens (including phenoxy) is 2. The van der Waals surface area contributed by atoms with E-state index in [1.807, 2.05) is 48.5 Å². The van der Waals surface area contributed by atoms with Gasteiger partial charge in [0.1, 0.15) is 11.3 Å². The monoisotopic (exact) mass is 325 g/mol. The highest BCUT2D eigenvalue weighted by Gasteiger charge is 2.10. The van der Waals surface area contributed by atoms with E-state index in [4.69, 9.17) is 19.0 Å². The molecular weight excluding hydrogens is 306 g/mol. The lowest BCUT2D eigenvalue weighted by atomic mass is 10.1. The summed E-state index contributed by atoms with van der Waals surface area (Å²) in [6.07, 6.45) is 0. The minimum atomic E-state index is 0.00601. The molecule has 0 aliphatic heterocycles. The number of rotatable bonds is 5. The van der Waals surface area contributed by atoms with Gasteiger partial charge in [-0.05, 0) is 30.3 Å². The standard InChI is InChI=1S/C19H19NO4/c1-22-17-8-7-13(11-19(17)23-2)18-12-15(20-9-10-21)14-5-3-4-6-16(14)24-18/h3-8,11-12,21H,9-10H2,1-2H3. The number of hydrogen-bond acceptors (Lipinski definition) is 5. The Bertz CT molecular complexity index is 915. The second-order valence-corrected chi connectivity index (χ2v) is 5.17. The van der Waals surface area contributed by atoms with E-state index in [0.29, 0.717) is 23.8 Å². The number of benzene rings is 2. The summed E-state index contributed by atoms with van der Waals surface area (Å²) in [5.74, 6) is 1.96. The quantitative estimate of drug-likeness (QED) is 0.783. The third-order valence-electron chi connectivity index (χ3n) is 3.70. The molecule has 1 heterocycles. The Kier molecular flexibility index (Phi) is 4.82. The molecule has 2 aromatic carbocycles. The van der Waals surface area contributed by atoms with Crippen molar-refractivity contribution in [2.24, 2.45) is 4.99 Å². The summed E-state index contributed by atoms with van der Waals surface area (Å²) in [6, 6.07) is 15.2. The minimum Gasteiger partial charge on any atom is -0.493 e. The molecule has 3 rings (SSSR count). The summed E-state index contributed by atoms with van der Waals surface area (Å²) in [6.45, 7) is 0.353. The second kappa shape index (κ2) is 7.19. The van der Waals surface area contributed by atoms with Crippen molar-refractivity contribution >= 4 is 11.0 Å². The van der Waals surface area contributed by atoms with Crippen LogP contribution in [0.5, 0.6) is 11.5 Å². The normalized spacial score (nSPS) is 11.7. The second-order valence-electron chi connectivity index (χ2n) is 5.17. The lowest BCUT2D eigenvalue weighted by Gasteiger charge is -2.10. The van der Waals surface area contributed by atoms with Crippen LogP contribution in [0.1, 0.15) is 0 Å². The molecule has 0 fully saturated rings. The van der Waals surface area contributed by atoms with Crippen molar-refractivity contribution in [1.82, 2.24) is 0 Å². The van der Waals surface area contributed by atoms with Crippen molar-refractivity contribution in [2.45, 2.75) is 0 Å². The Labute approximate surface area is 139 Å². The van der Waals surface area contributed by atoms with Crippen LogP contribution >= 0.6 is 0 Å². The highest BCUT2D eigenvalue weighted by molar-refractivity contribution is 5.78. The van der Waals surface area contributed by atoms with Gasteiger partial charge in [-0.25, -0.2) is 0 Å². The fraction of sp³-hybridized carbons (Fsp3) is 0.211. The van der Waals surface area contributed by atoms with Gasteiger partial charge in [0.15, 0.2) is 11.5 Å². The first-order chi connectivity index (χ1) is 11.8. The number of para-hydroxylation sites is 1. The Hall–Kier alpha value is -2.79. The molecular formula is C19H19NO4. The first-order valence-electron chi connectivity index (χ1n) is 7.63. The minimum absolute atomic E-state index is 0.00601. The first-order valence-corrected chi connectivity index (χ1v) is 7.63. The van der Waals surface area contributed by atoms with Gasteiger partial charge in [0.2, 0.25) is 0 Å². The maximum Gasteiger partial charge on any atom is 0.161 e. The van der Waals surface area contributed by atoms with Gasteiger partial charge < -0.3 is 19.0 Å². The van der Waals surface area contributed by atoms with Crippen LogP contribution < -0.4 is 14.8 Å². The van der Waals surface area contributed by atoms with E-state index in [-0.39, 0.29) is 6.61 Å². The van der Waals surface area contributed by atoms with E-state index in [1.165, 1.54) is 0 Å². The number of aliphatic hydroxyl groups excluding tert-OH is 1. The molecule has 0 saturated carbocycles. The zero-order valence-electron chi connectivity index (χ0n) is 13.7. The van der Waals surface area contributed by atoms with Crippen molar-refractivity contribution in [3.05, 3.63) is 53.9 Å². The summed E-state index contributed by atoms with van der Waals surface area (Å²) in [4.78, 5) is 4.45. The molecule has 0 radical (unpaired) electrons. The smallest absolute Gasteiger partial charge is 0.161 e. The number of hydrogen-bond donors (Lipinski definition) is 1. The maximum absolute atomic E-state index is 9.06. The molecule has 1 N–H and O–H groups in total. The third kappa shape index (κ3) is 3.12. The van der Waals surface area contributed by atoms with Gasteiger partial charge in [0, 0.05) is 17.0 Å². The van der Waals surface area contributed by atoms with Gasteiger partial charge >= 0.3 is 0 Å². The molecule has 124 valence electrons. The molecule has 0 aliphatic carbocycles. The predicted octanol–water partition coefficient (Wildman–Crippen LogP) is 3.01. The molecule has 0 atom stereocenters. The van der Waals surface area contributed by atoms with Crippen molar-refractivity contribution < 1.29 is 19.0 Å². The largest absolute Gasteiger partial charge is 0.493 e. The molecule has 0 saturated heterocycles. The first kappa shape index (κ1) is 16.1. The summed E-state index contributed by atoms with van der Waals surface area (Å²) >= 11 is 0. The van der Waals surface area contributed by atoms with Crippen molar-refractivity contribution in [2.75, 3.05) is 27.4 Å². The van der Waals surface area contributed by atoms with Crippen LogP contribution in [0.2, 0.25) is 0 Å². The van der Waals surface area contributed by atoms with E-state index >= 15 is 0 Å². The summed E-state index contributed by atoms with van der Waals surface area (Å²) in [7, 11) is 3.20. The van der Waals surface area contributed by atoms with E-state index in [0.717, 1.165) is 21.9 Å². The molecule has 0 amide bonds. The number of fused-ring (bicyclic) bond motifs is 1. The van der Waals surface area contributed by atoms with Crippen molar-refractivity contribution in [1.29, 1.82) is 0 Å². The lowest BCUT2D eigenvalue weighted by Crippen LogP contribution is -2.06. The van der Waals surface area contributed by atoms with Gasteiger partial charge in [0.05, 0.1) is 32.7 Å². The van der Waals surface area contributed by atoms with Crippen molar-refractivity contribution in [3.8, 4) is 22.8 Å². The van der Waals surface area contributed by atoms with Crippen LogP contribution in [0, 0.1) is 0 Å². The molecule has 0 bridgehead atoms. The van der Waals surface area contributed by atoms with Crippen LogP contribution in [0.15, 0.2) is 57.9 Å². The molecule has 3 aromatic rings. The Morgan fingerprint density at radius 3 is 2.54 bits per heavy atom. The summed E-state index contributed by atoms with van der Waals surface area (Å²) in [5, 5.41) is 10.8. The average molecular weight is 325 g/mol. The fourth-order valence-electron chi connectivity index (χ4n) is 2.55. The van der Waals surface area contributed by atoms with Gasteiger partial charge in [-0.2, -0.15) is 0 Å². The Morgan fingerprint density at radius 1 is 1.00 bits per heavy atom. The highest BCUT2D eigenvalue weighted by atomic mass is 16.5. The molecule has 1 aromatic heterocycles. The van der Waals surface area contributed by atoms with Crippen LogP contribution in [0.4, 0.5) is 0 Å². The lowest BCUT2D eigenvalue weighted by molar-refractivity contribution is 0.306. The van der Waals surface area contributed by atoms with Gasteiger partial charge in [-0.15, -0.1) is 0 Å². The maximum atomic E-state index is 9.06. The molecule has 24 heavy (non-hydrogen) atoms. The molecule has 5 heteroatoms. The average Bonchev–Trinajstić information content (AvgIpc) is 2.65. The molecule has 0 aliphatic rings. The van der Waals surface area contributed by atoms with Crippen LogP contribution in [0.25, 0.3) is 22.3 Å². The van der Waals surface area contributed by atoms with Gasteiger partial charge in [-0.3, -0.25) is 4.99 Å². The van der Waals surface area contributed by atoms with E-state index in [9.17, 15) is 0 Å². The molecule has 5 nitrogen and oxygen atoms in total. The van der Waals surface area contributed by atoms with Crippen LogP contribution in [-0.4, -0.2) is 32.5 Å². The number of nitrogens with zero attached hydrogens (tertiary/aromatic N) is 1. The van der Waals surface area contributed by atoms with E-state index in [2.05, 4.69) is 4.99 Å². The van der Waals surface area contributed by atoms with Gasteiger partial charge in [0.25, 0.3) is 0 Å². The van der Waals surface area contributed by atoms with Crippen LogP contribution in [0.3, 0.4) is 0 Å². The predicted molar refractivity (Wildman–Crippen MR) is 92.3 cm³/mol. The zero-order valence-corrected chi connectivity index (χ0v) is 13.7. The number of methoxy groups -OCH3 is 2. The summed E-state index contributed by atoms with van der Waals surface area (Å²) < 4.78 is 16.7. The SMILES string of the molecule is COc1ccc(-c2cc(=NCCO)c3ccccc3o2)cc1OC. The van der Waals surface area contributed by atoms with Crippen molar-refractivity contribution in [3.63, 3.8) is 0 Å². The van der Waals surface area contributed by atoms with E-state index < -0.39 is 0 Å². The Morgan fingerprint density at radius 2 is 1.79 bits per heavy atom.